The molecule has 1 saturated heterocycles. The topological polar surface area (TPSA) is 27.1 Å². The second kappa shape index (κ2) is 2.13. The molecule has 0 spiro atoms. The number of hydrogen-bond donors (Lipinski definition) is 0. The third-order valence-electron chi connectivity index (χ3n) is 1.62. The fraction of sp³-hybridized carbons (Fsp3) is 0.500. The molecule has 10 heavy (non-hydrogen) atoms. The third-order valence-corrected chi connectivity index (χ3v) is 1.62. The van der Waals surface area contributed by atoms with Gasteiger partial charge < -0.3 is 4.74 Å². The van der Waals surface area contributed by atoms with Gasteiger partial charge in [-0.05, 0) is 0 Å². The maximum Gasteiger partial charge on any atom is 0.118 e. The SMILES string of the molecule is [B]c1cnn(C2COC2)c1. The number of hydrogen-bond acceptors (Lipinski definition) is 2. The Labute approximate surface area is 60.4 Å². The Morgan fingerprint density at radius 2 is 2.50 bits per heavy atom. The van der Waals surface area contributed by atoms with Crippen molar-refractivity contribution in [3.63, 3.8) is 0 Å². The molecule has 1 aromatic heterocycles. The van der Waals surface area contributed by atoms with Crippen LogP contribution in [0.5, 0.6) is 0 Å². The maximum atomic E-state index is 5.47. The molecule has 4 heteroatoms. The molecule has 0 atom stereocenters. The zero-order chi connectivity index (χ0) is 6.97. The van der Waals surface area contributed by atoms with E-state index in [1.165, 1.54) is 0 Å². The molecular weight excluding hydrogens is 127 g/mol. The van der Waals surface area contributed by atoms with Crippen molar-refractivity contribution in [2.75, 3.05) is 13.2 Å². The molecule has 1 fully saturated rings. The Morgan fingerprint density at radius 1 is 1.70 bits per heavy atom. The van der Waals surface area contributed by atoms with Crippen LogP contribution in [0.1, 0.15) is 6.04 Å². The van der Waals surface area contributed by atoms with Crippen LogP contribution in [0.15, 0.2) is 12.4 Å². The van der Waals surface area contributed by atoms with Gasteiger partial charge in [0.1, 0.15) is 7.85 Å². The highest BCUT2D eigenvalue weighted by Crippen LogP contribution is 2.13. The van der Waals surface area contributed by atoms with E-state index in [4.69, 9.17) is 12.6 Å². The minimum Gasteiger partial charge on any atom is -0.377 e. The lowest BCUT2D eigenvalue weighted by Gasteiger charge is -2.25. The normalized spacial score (nSPS) is 18.8. The van der Waals surface area contributed by atoms with Crippen LogP contribution in [-0.2, 0) is 4.74 Å². The van der Waals surface area contributed by atoms with E-state index < -0.39 is 0 Å². The smallest absolute Gasteiger partial charge is 0.118 e. The summed E-state index contributed by atoms with van der Waals surface area (Å²) in [6, 6.07) is 0.414. The van der Waals surface area contributed by atoms with Gasteiger partial charge in [0.2, 0.25) is 0 Å². The van der Waals surface area contributed by atoms with Crippen molar-refractivity contribution in [1.82, 2.24) is 9.78 Å². The third kappa shape index (κ3) is 0.846. The largest absolute Gasteiger partial charge is 0.377 e. The molecule has 1 aliphatic rings. The van der Waals surface area contributed by atoms with E-state index in [1.54, 1.807) is 6.20 Å². The summed E-state index contributed by atoms with van der Waals surface area (Å²) >= 11 is 0. The van der Waals surface area contributed by atoms with Crippen molar-refractivity contribution in [3.8, 4) is 0 Å². The highest BCUT2D eigenvalue weighted by Gasteiger charge is 2.20. The van der Waals surface area contributed by atoms with Gasteiger partial charge in [0.15, 0.2) is 0 Å². The lowest BCUT2D eigenvalue weighted by molar-refractivity contribution is -0.0286. The van der Waals surface area contributed by atoms with Gasteiger partial charge >= 0.3 is 0 Å². The average molecular weight is 134 g/mol. The van der Waals surface area contributed by atoms with Gasteiger partial charge in [-0.1, -0.05) is 5.46 Å². The predicted octanol–water partition coefficient (Wildman–Crippen LogP) is -0.752. The monoisotopic (exact) mass is 134 g/mol. The second-order valence-corrected chi connectivity index (χ2v) is 2.44. The Kier molecular flexibility index (Phi) is 1.27. The summed E-state index contributed by atoms with van der Waals surface area (Å²) in [6.07, 6.45) is 3.48. The molecular formula is C6H7BN2O. The fourth-order valence-corrected chi connectivity index (χ4v) is 0.928. The van der Waals surface area contributed by atoms with Gasteiger partial charge in [-0.25, -0.2) is 0 Å². The van der Waals surface area contributed by atoms with Crippen LogP contribution in [0.2, 0.25) is 0 Å². The van der Waals surface area contributed by atoms with Gasteiger partial charge in [-0.15, -0.1) is 0 Å². The predicted molar refractivity (Wildman–Crippen MR) is 37.5 cm³/mol. The van der Waals surface area contributed by atoms with E-state index in [1.807, 2.05) is 10.9 Å². The van der Waals surface area contributed by atoms with Crippen LogP contribution in [0.4, 0.5) is 0 Å². The van der Waals surface area contributed by atoms with E-state index >= 15 is 0 Å². The molecule has 1 aliphatic heterocycles. The highest BCUT2D eigenvalue weighted by atomic mass is 16.5. The summed E-state index contributed by atoms with van der Waals surface area (Å²) in [7, 11) is 5.47. The molecule has 0 aliphatic carbocycles. The molecule has 0 unspecified atom stereocenters. The van der Waals surface area contributed by atoms with Crippen molar-refractivity contribution in [2.45, 2.75) is 6.04 Å². The lowest BCUT2D eigenvalue weighted by atomic mass is 10.0. The van der Waals surface area contributed by atoms with Crippen molar-refractivity contribution in [1.29, 1.82) is 0 Å². The number of nitrogens with zero attached hydrogens (tertiary/aromatic N) is 2. The Balaban J connectivity index is 2.17. The van der Waals surface area contributed by atoms with E-state index in [9.17, 15) is 0 Å². The summed E-state index contributed by atoms with van der Waals surface area (Å²) in [6.45, 7) is 1.53. The quantitative estimate of drug-likeness (QED) is 0.472. The Bertz CT molecular complexity index is 231. The minimum absolute atomic E-state index is 0.414. The average Bonchev–Trinajstić information content (AvgIpc) is 2.10. The van der Waals surface area contributed by atoms with Crippen LogP contribution >= 0.6 is 0 Å². The van der Waals surface area contributed by atoms with Crippen LogP contribution in [0.3, 0.4) is 0 Å². The first-order valence-corrected chi connectivity index (χ1v) is 3.23. The zero-order valence-corrected chi connectivity index (χ0v) is 5.53. The molecule has 0 amide bonds. The molecule has 2 radical (unpaired) electrons. The lowest BCUT2D eigenvalue weighted by Crippen LogP contribution is -2.31. The maximum absolute atomic E-state index is 5.47. The molecule has 50 valence electrons. The zero-order valence-electron chi connectivity index (χ0n) is 5.53. The molecule has 1 aromatic rings. The molecule has 0 aromatic carbocycles. The van der Waals surface area contributed by atoms with Crippen LogP contribution < -0.4 is 5.46 Å². The molecule has 2 heterocycles. The highest BCUT2D eigenvalue weighted by molar-refractivity contribution is 6.31. The fourth-order valence-electron chi connectivity index (χ4n) is 0.928. The van der Waals surface area contributed by atoms with E-state index in [0.29, 0.717) is 11.5 Å². The minimum atomic E-state index is 0.414. The van der Waals surface area contributed by atoms with E-state index in [0.717, 1.165) is 13.2 Å². The van der Waals surface area contributed by atoms with Crippen LogP contribution in [-0.4, -0.2) is 30.8 Å². The van der Waals surface area contributed by atoms with Gasteiger partial charge in [0, 0.05) is 12.4 Å². The van der Waals surface area contributed by atoms with Gasteiger partial charge in [0.05, 0.1) is 19.3 Å². The molecule has 0 N–H and O–H groups in total. The van der Waals surface area contributed by atoms with Crippen molar-refractivity contribution < 1.29 is 4.74 Å². The van der Waals surface area contributed by atoms with Gasteiger partial charge in [0.25, 0.3) is 0 Å². The Hall–Kier alpha value is -0.765. The standard InChI is InChI=1S/C6H7BN2O/c7-5-1-8-9(2-5)6-3-10-4-6/h1-2,6H,3-4H2. The number of ether oxygens (including phenoxy) is 1. The Morgan fingerprint density at radius 3 is 2.90 bits per heavy atom. The molecule has 0 saturated carbocycles. The summed E-state index contributed by atoms with van der Waals surface area (Å²) in [5, 5.41) is 4.05. The first kappa shape index (κ1) is 5.98. The first-order valence-electron chi connectivity index (χ1n) is 3.23. The summed E-state index contributed by atoms with van der Waals surface area (Å²) in [4.78, 5) is 0. The van der Waals surface area contributed by atoms with Crippen molar-refractivity contribution >= 4 is 13.3 Å². The molecule has 2 rings (SSSR count). The van der Waals surface area contributed by atoms with Gasteiger partial charge in [-0.3, -0.25) is 4.68 Å². The molecule has 3 nitrogen and oxygen atoms in total. The van der Waals surface area contributed by atoms with Crippen molar-refractivity contribution in [2.24, 2.45) is 0 Å². The van der Waals surface area contributed by atoms with E-state index in [2.05, 4.69) is 5.10 Å². The summed E-state index contributed by atoms with van der Waals surface area (Å²) < 4.78 is 6.84. The number of rotatable bonds is 1. The second-order valence-electron chi connectivity index (χ2n) is 2.44. The first-order chi connectivity index (χ1) is 4.86. The van der Waals surface area contributed by atoms with Crippen LogP contribution in [0, 0.1) is 0 Å². The van der Waals surface area contributed by atoms with E-state index in [-0.39, 0.29) is 0 Å². The van der Waals surface area contributed by atoms with Crippen molar-refractivity contribution in [3.05, 3.63) is 12.4 Å². The van der Waals surface area contributed by atoms with Crippen LogP contribution in [0.25, 0.3) is 0 Å². The van der Waals surface area contributed by atoms with Gasteiger partial charge in [-0.2, -0.15) is 5.10 Å². The summed E-state index contributed by atoms with van der Waals surface area (Å²) in [5.41, 5.74) is 0.715. The number of aromatic nitrogens is 2. The molecule has 0 bridgehead atoms. The summed E-state index contributed by atoms with van der Waals surface area (Å²) in [5.74, 6) is 0.